The number of rotatable bonds is 6. The number of sulfone groups is 1. The number of benzene rings is 1. The number of hydrogen-bond donors (Lipinski definition) is 2. The molecule has 0 atom stereocenters. The Balaban J connectivity index is 0.00000324. The van der Waals surface area contributed by atoms with Crippen LogP contribution in [0.15, 0.2) is 24.3 Å². The summed E-state index contributed by atoms with van der Waals surface area (Å²) in [5.41, 5.74) is 7.35. The van der Waals surface area contributed by atoms with Crippen molar-refractivity contribution < 1.29 is 13.2 Å². The van der Waals surface area contributed by atoms with Crippen LogP contribution >= 0.6 is 12.4 Å². The molecule has 0 saturated carbocycles. The minimum absolute atomic E-state index is 0. The molecule has 0 aromatic heterocycles. The number of carbonyl (C=O) groups excluding carboxylic acids is 1. The number of aryl methyl sites for hydroxylation is 1. The van der Waals surface area contributed by atoms with E-state index in [0.29, 0.717) is 18.5 Å². The van der Waals surface area contributed by atoms with Crippen molar-refractivity contribution in [2.24, 2.45) is 0 Å². The number of carbonyl (C=O) groups is 1. The SMILES string of the molecule is CS(=O)(=O)CCNC(=O)CCc1ccccc1N.Cl. The average molecular weight is 307 g/mol. The van der Waals surface area contributed by atoms with Crippen molar-refractivity contribution in [2.75, 3.05) is 24.3 Å². The van der Waals surface area contributed by atoms with Crippen LogP contribution in [0.5, 0.6) is 0 Å². The summed E-state index contributed by atoms with van der Waals surface area (Å²) in [4.78, 5) is 11.5. The van der Waals surface area contributed by atoms with Crippen molar-refractivity contribution in [3.8, 4) is 0 Å². The van der Waals surface area contributed by atoms with Gasteiger partial charge in [0.2, 0.25) is 5.91 Å². The van der Waals surface area contributed by atoms with E-state index in [9.17, 15) is 13.2 Å². The van der Waals surface area contributed by atoms with E-state index in [1.165, 1.54) is 0 Å². The first-order valence-corrected chi connectivity index (χ1v) is 7.72. The second-order valence-corrected chi connectivity index (χ2v) is 6.44. The number of para-hydroxylation sites is 1. The maximum Gasteiger partial charge on any atom is 0.220 e. The van der Waals surface area contributed by atoms with Gasteiger partial charge in [0.05, 0.1) is 5.75 Å². The van der Waals surface area contributed by atoms with Crippen LogP contribution in [0.1, 0.15) is 12.0 Å². The topological polar surface area (TPSA) is 89.3 Å². The van der Waals surface area contributed by atoms with Gasteiger partial charge in [-0.3, -0.25) is 4.79 Å². The normalized spacial score (nSPS) is 10.6. The molecule has 1 aromatic rings. The maximum absolute atomic E-state index is 11.5. The standard InChI is InChI=1S/C12H18N2O3S.ClH/c1-18(16,17)9-8-14-12(15)7-6-10-4-2-3-5-11(10)13;/h2-5H,6-9,13H2,1H3,(H,14,15);1H. The minimum atomic E-state index is -3.03. The third-order valence-corrected chi connectivity index (χ3v) is 3.42. The Labute approximate surface area is 119 Å². The molecule has 1 amide bonds. The van der Waals surface area contributed by atoms with Gasteiger partial charge in [-0.05, 0) is 18.1 Å². The number of nitrogens with one attached hydrogen (secondary N) is 1. The Kier molecular flexibility index (Phi) is 7.48. The van der Waals surface area contributed by atoms with Gasteiger partial charge in [-0.15, -0.1) is 12.4 Å². The summed E-state index contributed by atoms with van der Waals surface area (Å²) >= 11 is 0. The molecular weight excluding hydrogens is 288 g/mol. The lowest BCUT2D eigenvalue weighted by Gasteiger charge is -2.06. The minimum Gasteiger partial charge on any atom is -0.399 e. The quantitative estimate of drug-likeness (QED) is 0.760. The number of amides is 1. The van der Waals surface area contributed by atoms with E-state index in [0.717, 1.165) is 11.8 Å². The van der Waals surface area contributed by atoms with Crippen LogP contribution in [0.3, 0.4) is 0 Å². The number of nitrogen functional groups attached to an aromatic ring is 1. The second kappa shape index (κ2) is 8.01. The van der Waals surface area contributed by atoms with Gasteiger partial charge in [-0.2, -0.15) is 0 Å². The fourth-order valence-electron chi connectivity index (χ4n) is 1.47. The number of hydrogen-bond acceptors (Lipinski definition) is 4. The predicted molar refractivity (Wildman–Crippen MR) is 79.1 cm³/mol. The van der Waals surface area contributed by atoms with Crippen LogP contribution in [0.25, 0.3) is 0 Å². The molecule has 7 heteroatoms. The fraction of sp³-hybridized carbons (Fsp3) is 0.417. The van der Waals surface area contributed by atoms with Gasteiger partial charge < -0.3 is 11.1 Å². The third kappa shape index (κ3) is 7.69. The highest BCUT2D eigenvalue weighted by molar-refractivity contribution is 7.90. The largest absolute Gasteiger partial charge is 0.399 e. The van der Waals surface area contributed by atoms with Crippen LogP contribution in [-0.2, 0) is 21.1 Å². The van der Waals surface area contributed by atoms with Crippen LogP contribution in [-0.4, -0.2) is 32.9 Å². The molecule has 108 valence electrons. The monoisotopic (exact) mass is 306 g/mol. The van der Waals surface area contributed by atoms with Gasteiger partial charge >= 0.3 is 0 Å². The third-order valence-electron chi connectivity index (χ3n) is 2.47. The van der Waals surface area contributed by atoms with Gasteiger partial charge in [-0.1, -0.05) is 18.2 Å². The molecule has 0 fully saturated rings. The Hall–Kier alpha value is -1.27. The summed E-state index contributed by atoms with van der Waals surface area (Å²) in [7, 11) is -3.03. The lowest BCUT2D eigenvalue weighted by atomic mass is 10.1. The van der Waals surface area contributed by atoms with Gasteiger partial charge in [-0.25, -0.2) is 8.42 Å². The van der Waals surface area contributed by atoms with E-state index in [1.807, 2.05) is 18.2 Å². The van der Waals surface area contributed by atoms with Crippen molar-refractivity contribution in [1.82, 2.24) is 5.32 Å². The van der Waals surface area contributed by atoms with Crippen LogP contribution in [0, 0.1) is 0 Å². The molecule has 1 rings (SSSR count). The van der Waals surface area contributed by atoms with Crippen molar-refractivity contribution in [3.05, 3.63) is 29.8 Å². The highest BCUT2D eigenvalue weighted by atomic mass is 35.5. The van der Waals surface area contributed by atoms with E-state index in [4.69, 9.17) is 5.73 Å². The van der Waals surface area contributed by atoms with E-state index >= 15 is 0 Å². The Bertz CT molecular complexity index is 517. The smallest absolute Gasteiger partial charge is 0.220 e. The van der Waals surface area contributed by atoms with Gasteiger partial charge in [0.1, 0.15) is 9.84 Å². The lowest BCUT2D eigenvalue weighted by Crippen LogP contribution is -2.28. The predicted octanol–water partition coefficient (Wildman–Crippen LogP) is 0.784. The summed E-state index contributed by atoms with van der Waals surface area (Å²) < 4.78 is 21.7. The summed E-state index contributed by atoms with van der Waals surface area (Å²) in [6, 6.07) is 7.37. The highest BCUT2D eigenvalue weighted by Gasteiger charge is 2.06. The second-order valence-electron chi connectivity index (χ2n) is 4.18. The number of anilines is 1. The Morgan fingerprint density at radius 3 is 2.53 bits per heavy atom. The fourth-order valence-corrected chi connectivity index (χ4v) is 1.95. The van der Waals surface area contributed by atoms with Gasteiger partial charge in [0.15, 0.2) is 0 Å². The molecule has 0 spiro atoms. The molecule has 19 heavy (non-hydrogen) atoms. The first-order valence-electron chi connectivity index (χ1n) is 5.66. The van der Waals surface area contributed by atoms with Crippen LogP contribution < -0.4 is 11.1 Å². The first kappa shape index (κ1) is 17.7. The van der Waals surface area contributed by atoms with E-state index < -0.39 is 9.84 Å². The number of nitrogens with two attached hydrogens (primary N) is 1. The molecular formula is C12H19ClN2O3S. The molecule has 0 heterocycles. The van der Waals surface area contributed by atoms with Crippen molar-refractivity contribution >= 4 is 33.8 Å². The average Bonchev–Trinajstić information content (AvgIpc) is 2.26. The lowest BCUT2D eigenvalue weighted by molar-refractivity contribution is -0.120. The Morgan fingerprint density at radius 2 is 1.95 bits per heavy atom. The van der Waals surface area contributed by atoms with E-state index in [1.54, 1.807) is 6.07 Å². The summed E-state index contributed by atoms with van der Waals surface area (Å²) in [5, 5.41) is 2.57. The van der Waals surface area contributed by atoms with Crippen molar-refractivity contribution in [1.29, 1.82) is 0 Å². The first-order chi connectivity index (χ1) is 8.38. The molecule has 0 aliphatic carbocycles. The van der Waals surface area contributed by atoms with E-state index in [-0.39, 0.29) is 30.6 Å². The van der Waals surface area contributed by atoms with Crippen LogP contribution in [0.4, 0.5) is 5.69 Å². The maximum atomic E-state index is 11.5. The number of halogens is 1. The molecule has 0 bridgehead atoms. The zero-order valence-corrected chi connectivity index (χ0v) is 12.4. The summed E-state index contributed by atoms with van der Waals surface area (Å²) in [5.74, 6) is -0.200. The molecule has 0 aliphatic heterocycles. The molecule has 5 nitrogen and oxygen atoms in total. The van der Waals surface area contributed by atoms with Gasteiger partial charge in [0, 0.05) is 24.9 Å². The zero-order chi connectivity index (χ0) is 13.6. The molecule has 1 aromatic carbocycles. The zero-order valence-electron chi connectivity index (χ0n) is 10.8. The molecule has 3 N–H and O–H groups in total. The highest BCUT2D eigenvalue weighted by Crippen LogP contribution is 2.12. The summed E-state index contributed by atoms with van der Waals surface area (Å²) in [6.07, 6.45) is 2.00. The van der Waals surface area contributed by atoms with Gasteiger partial charge in [0.25, 0.3) is 0 Å². The molecule has 0 saturated heterocycles. The van der Waals surface area contributed by atoms with E-state index in [2.05, 4.69) is 5.32 Å². The molecule has 0 radical (unpaired) electrons. The molecule has 0 unspecified atom stereocenters. The molecule has 0 aliphatic rings. The Morgan fingerprint density at radius 1 is 1.32 bits per heavy atom. The summed E-state index contributed by atoms with van der Waals surface area (Å²) in [6.45, 7) is 0.155. The van der Waals surface area contributed by atoms with Crippen molar-refractivity contribution in [2.45, 2.75) is 12.8 Å². The van der Waals surface area contributed by atoms with Crippen LogP contribution in [0.2, 0.25) is 0 Å². The van der Waals surface area contributed by atoms with Crippen molar-refractivity contribution in [3.63, 3.8) is 0 Å².